The van der Waals surface area contributed by atoms with Crippen molar-refractivity contribution in [1.29, 1.82) is 0 Å². The Balaban J connectivity index is 1.84. The predicted octanol–water partition coefficient (Wildman–Crippen LogP) is 4.92. The second-order valence-corrected chi connectivity index (χ2v) is 8.31. The standard InChI is InChI=1S/C25H29ClN4O5/c1-4-12-30-16(2)21(23(31)35-14-13-34-3)22(29-25(30)33)17-6-5-7-20(15-17)28-24(32)27-19-10-8-18(26)9-11-19/h5-11,15,22H,4,12-14H2,1-3H3,(H,29,33)(H2,27,28,32)/t22-/m1/s1. The summed E-state index contributed by atoms with van der Waals surface area (Å²) in [7, 11) is 1.52. The van der Waals surface area contributed by atoms with Crippen molar-refractivity contribution < 1.29 is 23.9 Å². The fraction of sp³-hybridized carbons (Fsp3) is 0.320. The molecular weight excluding hydrogens is 472 g/mol. The van der Waals surface area contributed by atoms with Gasteiger partial charge in [0.2, 0.25) is 0 Å². The predicted molar refractivity (Wildman–Crippen MR) is 134 cm³/mol. The van der Waals surface area contributed by atoms with Crippen molar-refractivity contribution >= 4 is 41.0 Å². The highest BCUT2D eigenvalue weighted by atomic mass is 35.5. The highest BCUT2D eigenvalue weighted by Gasteiger charge is 2.36. The third kappa shape index (κ3) is 6.74. The summed E-state index contributed by atoms with van der Waals surface area (Å²) in [4.78, 5) is 39.8. The molecule has 0 fully saturated rings. The van der Waals surface area contributed by atoms with Crippen LogP contribution in [0.25, 0.3) is 0 Å². The maximum atomic E-state index is 13.0. The maximum absolute atomic E-state index is 13.0. The van der Waals surface area contributed by atoms with Crippen LogP contribution in [0.5, 0.6) is 0 Å². The number of hydrogen-bond acceptors (Lipinski definition) is 5. The number of urea groups is 2. The average molecular weight is 501 g/mol. The van der Waals surface area contributed by atoms with Gasteiger partial charge in [-0.05, 0) is 55.3 Å². The summed E-state index contributed by atoms with van der Waals surface area (Å²) in [6.45, 7) is 4.50. The molecule has 1 aliphatic rings. The van der Waals surface area contributed by atoms with Gasteiger partial charge < -0.3 is 25.4 Å². The topological polar surface area (TPSA) is 109 Å². The SMILES string of the molecule is CCCN1C(=O)N[C@H](c2cccc(NC(=O)Nc3ccc(Cl)cc3)c2)C(C(=O)OCCOC)=C1C. The number of allylic oxidation sites excluding steroid dienone is 1. The first-order valence-corrected chi connectivity index (χ1v) is 11.6. The van der Waals surface area contributed by atoms with Crippen LogP contribution in [0, 0.1) is 0 Å². The minimum Gasteiger partial charge on any atom is -0.460 e. The van der Waals surface area contributed by atoms with Crippen molar-refractivity contribution in [2.45, 2.75) is 26.3 Å². The highest BCUT2D eigenvalue weighted by Crippen LogP contribution is 2.32. The Kier molecular flexibility index (Phi) is 9.11. The van der Waals surface area contributed by atoms with E-state index in [1.54, 1.807) is 55.5 Å². The fourth-order valence-corrected chi connectivity index (χ4v) is 3.83. The molecular formula is C25H29ClN4O5. The summed E-state index contributed by atoms with van der Waals surface area (Å²) in [5.41, 5.74) is 2.55. The normalized spacial score (nSPS) is 15.5. The monoisotopic (exact) mass is 500 g/mol. The molecule has 10 heteroatoms. The van der Waals surface area contributed by atoms with E-state index in [0.717, 1.165) is 6.42 Å². The second-order valence-electron chi connectivity index (χ2n) is 7.87. The van der Waals surface area contributed by atoms with Crippen LogP contribution < -0.4 is 16.0 Å². The van der Waals surface area contributed by atoms with Crippen LogP contribution in [0.4, 0.5) is 21.0 Å². The van der Waals surface area contributed by atoms with E-state index < -0.39 is 18.0 Å². The van der Waals surface area contributed by atoms with Crippen LogP contribution in [-0.4, -0.2) is 49.8 Å². The van der Waals surface area contributed by atoms with Crippen LogP contribution >= 0.6 is 11.6 Å². The number of benzene rings is 2. The van der Waals surface area contributed by atoms with Gasteiger partial charge in [0, 0.05) is 35.7 Å². The maximum Gasteiger partial charge on any atom is 0.338 e. The highest BCUT2D eigenvalue weighted by molar-refractivity contribution is 6.30. The lowest BCUT2D eigenvalue weighted by atomic mass is 9.94. The number of amides is 4. The molecule has 2 aromatic rings. The van der Waals surface area contributed by atoms with Gasteiger partial charge in [-0.25, -0.2) is 14.4 Å². The molecule has 1 heterocycles. The number of rotatable bonds is 9. The van der Waals surface area contributed by atoms with Crippen molar-refractivity contribution in [2.75, 3.05) is 37.5 Å². The molecule has 0 saturated heterocycles. The quantitative estimate of drug-likeness (QED) is 0.334. The molecule has 0 unspecified atom stereocenters. The van der Waals surface area contributed by atoms with E-state index in [1.807, 2.05) is 6.92 Å². The molecule has 0 aromatic heterocycles. The third-order valence-corrected chi connectivity index (χ3v) is 5.62. The number of nitrogens with one attached hydrogen (secondary N) is 3. The van der Waals surface area contributed by atoms with Gasteiger partial charge in [0.05, 0.1) is 18.2 Å². The Morgan fingerprint density at radius 3 is 2.49 bits per heavy atom. The van der Waals surface area contributed by atoms with Gasteiger partial charge in [-0.15, -0.1) is 0 Å². The summed E-state index contributed by atoms with van der Waals surface area (Å²) in [6, 6.07) is 12.2. The first-order valence-electron chi connectivity index (χ1n) is 11.2. The van der Waals surface area contributed by atoms with Gasteiger partial charge in [-0.1, -0.05) is 30.7 Å². The summed E-state index contributed by atoms with van der Waals surface area (Å²) in [5.74, 6) is -0.538. The summed E-state index contributed by atoms with van der Waals surface area (Å²) < 4.78 is 10.4. The Labute approximate surface area is 209 Å². The molecule has 0 saturated carbocycles. The Hall–Kier alpha value is -3.56. The summed E-state index contributed by atoms with van der Waals surface area (Å²) in [6.07, 6.45) is 0.726. The van der Waals surface area contributed by atoms with Gasteiger partial charge in [0.15, 0.2) is 0 Å². The number of nitrogens with zero attached hydrogens (tertiary/aromatic N) is 1. The molecule has 35 heavy (non-hydrogen) atoms. The average Bonchev–Trinajstić information content (AvgIpc) is 2.83. The molecule has 4 amide bonds. The molecule has 1 aliphatic heterocycles. The van der Waals surface area contributed by atoms with Crippen LogP contribution in [0.2, 0.25) is 5.02 Å². The number of methoxy groups -OCH3 is 1. The lowest BCUT2D eigenvalue weighted by Crippen LogP contribution is -2.48. The first kappa shape index (κ1) is 26.1. The molecule has 2 aromatic carbocycles. The molecule has 0 aliphatic carbocycles. The molecule has 186 valence electrons. The Morgan fingerprint density at radius 2 is 1.80 bits per heavy atom. The second kappa shape index (κ2) is 12.2. The fourth-order valence-electron chi connectivity index (χ4n) is 3.71. The Bertz CT molecular complexity index is 1100. The summed E-state index contributed by atoms with van der Waals surface area (Å²) in [5, 5.41) is 8.96. The van der Waals surface area contributed by atoms with E-state index in [9.17, 15) is 14.4 Å². The van der Waals surface area contributed by atoms with E-state index in [0.29, 0.717) is 39.8 Å². The lowest BCUT2D eigenvalue weighted by molar-refractivity contribution is -0.140. The molecule has 0 bridgehead atoms. The van der Waals surface area contributed by atoms with Gasteiger partial charge in [-0.2, -0.15) is 0 Å². The number of hydrogen-bond donors (Lipinski definition) is 3. The van der Waals surface area contributed by atoms with Crippen molar-refractivity contribution in [2.24, 2.45) is 0 Å². The molecule has 0 radical (unpaired) electrons. The van der Waals surface area contributed by atoms with E-state index in [-0.39, 0.29) is 19.2 Å². The number of esters is 1. The summed E-state index contributed by atoms with van der Waals surface area (Å²) >= 11 is 5.88. The smallest absolute Gasteiger partial charge is 0.338 e. The van der Waals surface area contributed by atoms with E-state index in [2.05, 4.69) is 16.0 Å². The van der Waals surface area contributed by atoms with Crippen LogP contribution in [0.3, 0.4) is 0 Å². The molecule has 3 N–H and O–H groups in total. The van der Waals surface area contributed by atoms with Crippen molar-refractivity contribution in [3.8, 4) is 0 Å². The van der Waals surface area contributed by atoms with Gasteiger partial charge in [0.25, 0.3) is 0 Å². The number of halogens is 1. The van der Waals surface area contributed by atoms with Gasteiger partial charge in [-0.3, -0.25) is 4.90 Å². The number of ether oxygens (including phenoxy) is 2. The van der Waals surface area contributed by atoms with Crippen LogP contribution in [0.1, 0.15) is 31.9 Å². The lowest BCUT2D eigenvalue weighted by Gasteiger charge is -2.35. The van der Waals surface area contributed by atoms with E-state index >= 15 is 0 Å². The van der Waals surface area contributed by atoms with E-state index in [1.165, 1.54) is 12.0 Å². The third-order valence-electron chi connectivity index (χ3n) is 5.36. The number of carbonyl (C=O) groups is 3. The van der Waals surface area contributed by atoms with Crippen LogP contribution in [0.15, 0.2) is 59.8 Å². The zero-order chi connectivity index (χ0) is 25.4. The van der Waals surface area contributed by atoms with Crippen molar-refractivity contribution in [3.05, 3.63) is 70.4 Å². The molecule has 1 atom stereocenters. The zero-order valence-electron chi connectivity index (χ0n) is 19.9. The zero-order valence-corrected chi connectivity index (χ0v) is 20.6. The number of anilines is 2. The van der Waals surface area contributed by atoms with Crippen molar-refractivity contribution in [1.82, 2.24) is 10.2 Å². The Morgan fingerprint density at radius 1 is 1.09 bits per heavy atom. The molecule has 3 rings (SSSR count). The van der Waals surface area contributed by atoms with Crippen molar-refractivity contribution in [3.63, 3.8) is 0 Å². The first-order chi connectivity index (χ1) is 16.8. The van der Waals surface area contributed by atoms with Gasteiger partial charge >= 0.3 is 18.0 Å². The largest absolute Gasteiger partial charge is 0.460 e. The number of carbonyl (C=O) groups excluding carboxylic acids is 3. The minimum atomic E-state index is -0.744. The van der Waals surface area contributed by atoms with Crippen LogP contribution in [-0.2, 0) is 14.3 Å². The van der Waals surface area contributed by atoms with E-state index in [4.69, 9.17) is 21.1 Å². The molecule has 9 nitrogen and oxygen atoms in total. The molecule has 0 spiro atoms. The minimum absolute atomic E-state index is 0.0903. The van der Waals surface area contributed by atoms with Gasteiger partial charge in [0.1, 0.15) is 6.61 Å².